The maximum Gasteiger partial charge on any atom is 0.244 e. The first-order chi connectivity index (χ1) is 9.41. The molecule has 7 heteroatoms. The fourth-order valence-electron chi connectivity index (χ4n) is 3.26. The van der Waals surface area contributed by atoms with Gasteiger partial charge in [-0.3, -0.25) is 0 Å². The second-order valence-electron chi connectivity index (χ2n) is 5.38. The van der Waals surface area contributed by atoms with Crippen molar-refractivity contribution in [3.63, 3.8) is 0 Å². The molecule has 0 spiro atoms. The van der Waals surface area contributed by atoms with E-state index in [9.17, 15) is 12.8 Å². The van der Waals surface area contributed by atoms with Crippen LogP contribution in [0.15, 0.2) is 23.1 Å². The summed E-state index contributed by atoms with van der Waals surface area (Å²) >= 11 is 4.80. The van der Waals surface area contributed by atoms with Crippen LogP contribution in [-0.4, -0.2) is 30.3 Å². The molecule has 2 N–H and O–H groups in total. The molecular formula is C13H15FN2O2S2. The number of benzene rings is 1. The number of sulfonamides is 1. The highest BCUT2D eigenvalue weighted by Gasteiger charge is 2.45. The molecule has 2 aliphatic rings. The summed E-state index contributed by atoms with van der Waals surface area (Å²) in [7, 11) is -3.74. The number of nitrogens with two attached hydrogens (primary N) is 1. The Labute approximate surface area is 122 Å². The summed E-state index contributed by atoms with van der Waals surface area (Å²) in [6.07, 6.45) is 2.85. The fraction of sp³-hybridized carbons (Fsp3) is 0.462. The molecular weight excluding hydrogens is 299 g/mol. The van der Waals surface area contributed by atoms with Crippen LogP contribution in [-0.2, 0) is 10.0 Å². The van der Waals surface area contributed by atoms with Crippen LogP contribution < -0.4 is 5.73 Å². The second-order valence-corrected chi connectivity index (χ2v) is 7.68. The van der Waals surface area contributed by atoms with Crippen LogP contribution in [0.4, 0.5) is 4.39 Å². The molecule has 1 saturated heterocycles. The van der Waals surface area contributed by atoms with Crippen LogP contribution in [0.5, 0.6) is 0 Å². The molecule has 2 unspecified atom stereocenters. The lowest BCUT2D eigenvalue weighted by atomic mass is 10.1. The molecule has 20 heavy (non-hydrogen) atoms. The lowest BCUT2D eigenvalue weighted by Crippen LogP contribution is -2.38. The molecule has 1 saturated carbocycles. The average Bonchev–Trinajstić information content (AvgIpc) is 3.00. The summed E-state index contributed by atoms with van der Waals surface area (Å²) in [6.45, 7) is 0.514. The Morgan fingerprint density at radius 2 is 2.15 bits per heavy atom. The molecule has 1 aromatic carbocycles. The van der Waals surface area contributed by atoms with Gasteiger partial charge in [-0.25, -0.2) is 12.8 Å². The molecule has 0 aromatic heterocycles. The lowest BCUT2D eigenvalue weighted by molar-refractivity contribution is 0.333. The normalized spacial score (nSPS) is 26.1. The van der Waals surface area contributed by atoms with Gasteiger partial charge >= 0.3 is 0 Å². The predicted octanol–water partition coefficient (Wildman–Crippen LogP) is 1.63. The van der Waals surface area contributed by atoms with Crippen molar-refractivity contribution in [1.82, 2.24) is 4.31 Å². The Kier molecular flexibility index (Phi) is 3.30. The van der Waals surface area contributed by atoms with E-state index in [1.165, 1.54) is 22.5 Å². The van der Waals surface area contributed by atoms with E-state index in [1.54, 1.807) is 0 Å². The topological polar surface area (TPSA) is 63.4 Å². The minimum Gasteiger partial charge on any atom is -0.389 e. The van der Waals surface area contributed by atoms with Crippen molar-refractivity contribution in [2.75, 3.05) is 6.54 Å². The molecule has 2 bridgehead atoms. The quantitative estimate of drug-likeness (QED) is 0.862. The van der Waals surface area contributed by atoms with Gasteiger partial charge in [0.25, 0.3) is 0 Å². The smallest absolute Gasteiger partial charge is 0.244 e. The number of thiocarbonyl (C=S) groups is 1. The minimum absolute atomic E-state index is 0.0347. The molecule has 1 aromatic rings. The van der Waals surface area contributed by atoms with Crippen molar-refractivity contribution in [3.05, 3.63) is 29.6 Å². The zero-order valence-electron chi connectivity index (χ0n) is 10.8. The van der Waals surface area contributed by atoms with Gasteiger partial charge in [-0.1, -0.05) is 18.3 Å². The number of halogens is 1. The van der Waals surface area contributed by atoms with Crippen molar-refractivity contribution in [2.45, 2.75) is 30.2 Å². The number of rotatable bonds is 3. The Morgan fingerprint density at radius 1 is 1.40 bits per heavy atom. The number of hydrogen-bond acceptors (Lipinski definition) is 3. The SMILES string of the molecule is NC(=S)c1c(F)cccc1S(=O)(=O)N1CC2CCC1C2. The third kappa shape index (κ3) is 2.04. The van der Waals surface area contributed by atoms with Crippen molar-refractivity contribution in [2.24, 2.45) is 11.7 Å². The summed E-state index contributed by atoms with van der Waals surface area (Å²) in [5.41, 5.74) is 5.32. The van der Waals surface area contributed by atoms with Crippen LogP contribution in [0, 0.1) is 11.7 Å². The molecule has 1 aliphatic heterocycles. The van der Waals surface area contributed by atoms with Gasteiger partial charge in [0.05, 0.1) is 10.5 Å². The van der Waals surface area contributed by atoms with Crippen LogP contribution in [0.25, 0.3) is 0 Å². The average molecular weight is 314 g/mol. The highest BCUT2D eigenvalue weighted by Crippen LogP contribution is 2.41. The van der Waals surface area contributed by atoms with Gasteiger partial charge in [0.1, 0.15) is 10.8 Å². The summed E-state index contributed by atoms with van der Waals surface area (Å²) in [6, 6.07) is 3.95. The summed E-state index contributed by atoms with van der Waals surface area (Å²) in [5, 5.41) is 0. The first-order valence-electron chi connectivity index (χ1n) is 6.51. The monoisotopic (exact) mass is 314 g/mol. The Hall–Kier alpha value is -1.05. The van der Waals surface area contributed by atoms with Crippen molar-refractivity contribution >= 4 is 27.2 Å². The highest BCUT2D eigenvalue weighted by atomic mass is 32.2. The number of hydrogen-bond donors (Lipinski definition) is 1. The first-order valence-corrected chi connectivity index (χ1v) is 8.36. The van der Waals surface area contributed by atoms with E-state index in [1.807, 2.05) is 0 Å². The predicted molar refractivity (Wildman–Crippen MR) is 77.3 cm³/mol. The maximum atomic E-state index is 13.9. The largest absolute Gasteiger partial charge is 0.389 e. The van der Waals surface area contributed by atoms with E-state index >= 15 is 0 Å². The van der Waals surface area contributed by atoms with Gasteiger partial charge in [-0.2, -0.15) is 4.31 Å². The molecule has 0 amide bonds. The minimum atomic E-state index is -3.74. The van der Waals surface area contributed by atoms with Gasteiger partial charge in [0.15, 0.2) is 0 Å². The second kappa shape index (κ2) is 4.75. The van der Waals surface area contributed by atoms with Gasteiger partial charge < -0.3 is 5.73 Å². The number of nitrogens with zero attached hydrogens (tertiary/aromatic N) is 1. The lowest BCUT2D eigenvalue weighted by Gasteiger charge is -2.27. The molecule has 0 radical (unpaired) electrons. The van der Waals surface area contributed by atoms with E-state index < -0.39 is 15.8 Å². The third-order valence-corrected chi connectivity index (χ3v) is 6.33. The zero-order chi connectivity index (χ0) is 14.5. The molecule has 2 fully saturated rings. The number of fused-ring (bicyclic) bond motifs is 2. The van der Waals surface area contributed by atoms with Crippen molar-refractivity contribution in [3.8, 4) is 0 Å². The van der Waals surface area contributed by atoms with Crippen LogP contribution in [0.2, 0.25) is 0 Å². The van der Waals surface area contributed by atoms with E-state index in [4.69, 9.17) is 18.0 Å². The highest BCUT2D eigenvalue weighted by molar-refractivity contribution is 7.89. The summed E-state index contributed by atoms with van der Waals surface area (Å²) < 4.78 is 40.8. The standard InChI is InChI=1S/C13H15FN2O2S2/c14-10-2-1-3-11(12(10)13(15)19)20(17,18)16-7-8-4-5-9(16)6-8/h1-3,8-9H,4-7H2,(H2,15,19). The van der Waals surface area contributed by atoms with Crippen molar-refractivity contribution in [1.29, 1.82) is 0 Å². The van der Waals surface area contributed by atoms with E-state index in [2.05, 4.69) is 0 Å². The third-order valence-electron chi connectivity index (χ3n) is 4.17. The van der Waals surface area contributed by atoms with Gasteiger partial charge in [0, 0.05) is 12.6 Å². The van der Waals surface area contributed by atoms with Crippen LogP contribution in [0.3, 0.4) is 0 Å². The van der Waals surface area contributed by atoms with Crippen molar-refractivity contribution < 1.29 is 12.8 Å². The molecule has 4 nitrogen and oxygen atoms in total. The van der Waals surface area contributed by atoms with Gasteiger partial charge in [0.2, 0.25) is 10.0 Å². The van der Waals surface area contributed by atoms with E-state index in [0.717, 1.165) is 19.3 Å². The molecule has 108 valence electrons. The molecule has 2 atom stereocenters. The fourth-order valence-corrected chi connectivity index (χ4v) is 5.49. The van der Waals surface area contributed by atoms with Crippen LogP contribution in [0.1, 0.15) is 24.8 Å². The molecule has 1 aliphatic carbocycles. The van der Waals surface area contributed by atoms with Gasteiger partial charge in [-0.05, 0) is 37.3 Å². The molecule has 1 heterocycles. The zero-order valence-corrected chi connectivity index (χ0v) is 12.4. The number of piperidine rings is 1. The maximum absolute atomic E-state index is 13.9. The summed E-state index contributed by atoms with van der Waals surface area (Å²) in [5.74, 6) is -0.264. The van der Waals surface area contributed by atoms with E-state index in [-0.39, 0.29) is 21.5 Å². The Morgan fingerprint density at radius 3 is 2.70 bits per heavy atom. The Bertz CT molecular complexity index is 675. The first kappa shape index (κ1) is 13.9. The summed E-state index contributed by atoms with van der Waals surface area (Å²) in [4.78, 5) is -0.344. The molecule has 3 rings (SSSR count). The Balaban J connectivity index is 2.09. The van der Waals surface area contributed by atoms with Gasteiger partial charge in [-0.15, -0.1) is 0 Å². The van der Waals surface area contributed by atoms with E-state index in [0.29, 0.717) is 12.5 Å². The van der Waals surface area contributed by atoms with Crippen LogP contribution >= 0.6 is 12.2 Å².